The molecule has 0 spiro atoms. The molecule has 2 heterocycles. The maximum Gasteiger partial charge on any atom is 0.330 e. The lowest BCUT2D eigenvalue weighted by Crippen LogP contribution is -2.36. The van der Waals surface area contributed by atoms with E-state index in [1.54, 1.807) is 0 Å². The highest BCUT2D eigenvalue weighted by molar-refractivity contribution is 8.77. The van der Waals surface area contributed by atoms with E-state index in [0.29, 0.717) is 12.3 Å². The van der Waals surface area contributed by atoms with E-state index in [1.165, 1.54) is 38.4 Å². The molecule has 0 bridgehead atoms. The molecule has 0 saturated carbocycles. The van der Waals surface area contributed by atoms with Gasteiger partial charge in [-0.05, 0) is 0 Å². The normalized spacial score (nSPS) is 28.9. The van der Waals surface area contributed by atoms with Crippen molar-refractivity contribution < 1.29 is 14.9 Å². The molecule has 21 heavy (non-hydrogen) atoms. The fourth-order valence-electron chi connectivity index (χ4n) is 2.00. The molecule has 0 aliphatic carbocycles. The summed E-state index contributed by atoms with van der Waals surface area (Å²) in [6.07, 6.45) is -1.14. The summed E-state index contributed by atoms with van der Waals surface area (Å²) in [5.41, 5.74) is 4.30. The smallest absolute Gasteiger partial charge is 0.330 e. The highest BCUT2D eigenvalue weighted by Crippen LogP contribution is 2.41. The topological polar surface area (TPSA) is 131 Å². The van der Waals surface area contributed by atoms with Gasteiger partial charge in [0.1, 0.15) is 6.10 Å². The zero-order chi connectivity index (χ0) is 15.4. The fourth-order valence-corrected chi connectivity index (χ4v) is 4.60. The molecule has 0 radical (unpaired) electrons. The minimum atomic E-state index is -0.922. The van der Waals surface area contributed by atoms with Gasteiger partial charge in [-0.25, -0.2) is 4.79 Å². The van der Waals surface area contributed by atoms with Crippen LogP contribution in [0.15, 0.2) is 21.9 Å². The quantitative estimate of drug-likeness (QED) is 0.365. The number of H-pyrrole nitrogens is 1. The summed E-state index contributed by atoms with van der Waals surface area (Å²) in [7, 11) is 2.81. The van der Waals surface area contributed by atoms with Gasteiger partial charge in [0.25, 0.3) is 5.56 Å². The minimum Gasteiger partial charge on any atom is -0.394 e. The monoisotopic (exact) mass is 335 g/mol. The predicted octanol–water partition coefficient (Wildman–Crippen LogP) is -1.50. The Balaban J connectivity index is 2.25. The van der Waals surface area contributed by atoms with E-state index in [4.69, 9.17) is 10.5 Å². The number of ether oxygens (including phenoxy) is 1. The van der Waals surface area contributed by atoms with Crippen molar-refractivity contribution in [2.24, 2.45) is 5.73 Å². The van der Waals surface area contributed by atoms with Crippen LogP contribution < -0.4 is 17.0 Å². The maximum atomic E-state index is 11.9. The van der Waals surface area contributed by atoms with Crippen LogP contribution in [0.2, 0.25) is 0 Å². The van der Waals surface area contributed by atoms with Crippen molar-refractivity contribution in [3.05, 3.63) is 33.1 Å². The molecule has 5 N–H and O–H groups in total. The van der Waals surface area contributed by atoms with E-state index >= 15 is 0 Å². The number of aromatic nitrogens is 2. The molecule has 2 unspecified atom stereocenters. The van der Waals surface area contributed by atoms with Crippen LogP contribution in [-0.2, 0) is 4.74 Å². The molecular formula is C11H17N3O5S2. The zero-order valence-corrected chi connectivity index (χ0v) is 12.7. The lowest BCUT2D eigenvalue weighted by atomic mass is 10.2. The second-order valence-electron chi connectivity index (χ2n) is 4.43. The van der Waals surface area contributed by atoms with Crippen molar-refractivity contribution in [3.63, 3.8) is 0 Å². The van der Waals surface area contributed by atoms with Gasteiger partial charge in [0.2, 0.25) is 0 Å². The Morgan fingerprint density at radius 3 is 2.86 bits per heavy atom. The van der Waals surface area contributed by atoms with Crippen molar-refractivity contribution in [1.82, 2.24) is 9.55 Å². The van der Waals surface area contributed by atoms with Gasteiger partial charge in [0.15, 0.2) is 6.23 Å². The second kappa shape index (κ2) is 7.47. The van der Waals surface area contributed by atoms with Crippen LogP contribution in [0.3, 0.4) is 0 Å². The number of hydrogen-bond donors (Lipinski definition) is 4. The van der Waals surface area contributed by atoms with Crippen LogP contribution in [0.5, 0.6) is 0 Å². The highest BCUT2D eigenvalue weighted by atomic mass is 33.1. The number of rotatable bonds is 6. The van der Waals surface area contributed by atoms with Crippen molar-refractivity contribution >= 4 is 21.6 Å². The number of nitrogens with two attached hydrogens (primary N) is 1. The molecule has 8 nitrogen and oxygen atoms in total. The third-order valence-electron chi connectivity index (χ3n) is 3.00. The molecule has 10 heteroatoms. The lowest BCUT2D eigenvalue weighted by Gasteiger charge is -2.20. The Morgan fingerprint density at radius 2 is 2.24 bits per heavy atom. The molecule has 0 aromatic carbocycles. The van der Waals surface area contributed by atoms with E-state index in [9.17, 15) is 19.8 Å². The van der Waals surface area contributed by atoms with Gasteiger partial charge in [-0.1, -0.05) is 21.6 Å². The summed E-state index contributed by atoms with van der Waals surface area (Å²) in [6, 6.07) is 1.21. The van der Waals surface area contributed by atoms with E-state index in [0.717, 1.165) is 0 Å². The Kier molecular flexibility index (Phi) is 5.90. The van der Waals surface area contributed by atoms with Gasteiger partial charge in [-0.3, -0.25) is 14.3 Å². The number of nitrogens with zero attached hydrogens (tertiary/aromatic N) is 1. The predicted molar refractivity (Wildman–Crippen MR) is 81.2 cm³/mol. The minimum absolute atomic E-state index is 0.353. The van der Waals surface area contributed by atoms with E-state index < -0.39 is 34.9 Å². The van der Waals surface area contributed by atoms with Crippen LogP contribution in [0.25, 0.3) is 0 Å². The van der Waals surface area contributed by atoms with E-state index in [1.807, 2.05) is 0 Å². The van der Waals surface area contributed by atoms with Crippen LogP contribution in [0.4, 0.5) is 0 Å². The maximum absolute atomic E-state index is 11.9. The standard InChI is InChI=1S/C11H17N3O5S2/c12-2-4-20-21-9-8(17)6(5-15)19-10(9)14-3-1-7(16)13-11(14)18/h1,3,6,8-10,15,17H,2,4-5,12H2,(H,13,16,18)/t6-,8?,9?,10-/m1/s1. The first-order chi connectivity index (χ1) is 10.1. The number of aliphatic hydroxyl groups is 2. The van der Waals surface area contributed by atoms with E-state index in [2.05, 4.69) is 4.98 Å². The Morgan fingerprint density at radius 1 is 1.48 bits per heavy atom. The molecule has 4 atom stereocenters. The van der Waals surface area contributed by atoms with Crippen molar-refractivity contribution in [3.8, 4) is 0 Å². The number of nitrogens with one attached hydrogen (secondary N) is 1. The van der Waals surface area contributed by atoms with Crippen molar-refractivity contribution in [2.45, 2.75) is 23.7 Å². The molecule has 1 fully saturated rings. The fraction of sp³-hybridized carbons (Fsp3) is 0.636. The molecule has 1 aromatic heterocycles. The van der Waals surface area contributed by atoms with Gasteiger partial charge in [-0.15, -0.1) is 0 Å². The third-order valence-corrected chi connectivity index (χ3v) is 5.85. The Hall–Kier alpha value is -0.780. The van der Waals surface area contributed by atoms with Gasteiger partial charge < -0.3 is 20.7 Å². The molecule has 1 saturated heterocycles. The first kappa shape index (κ1) is 16.6. The third kappa shape index (κ3) is 3.71. The van der Waals surface area contributed by atoms with Gasteiger partial charge in [0, 0.05) is 24.6 Å². The second-order valence-corrected chi connectivity index (χ2v) is 7.09. The van der Waals surface area contributed by atoms with Crippen LogP contribution in [-0.4, -0.2) is 56.1 Å². The molecule has 1 aliphatic heterocycles. The SMILES string of the molecule is NCCSSC1C(O)[C@@H](CO)O[C@H]1n1ccc(=O)[nH]c1=O. The summed E-state index contributed by atoms with van der Waals surface area (Å²) >= 11 is 0. The van der Waals surface area contributed by atoms with Gasteiger partial charge in [0.05, 0.1) is 18.0 Å². The van der Waals surface area contributed by atoms with Crippen molar-refractivity contribution in [1.29, 1.82) is 0 Å². The summed E-state index contributed by atoms with van der Waals surface area (Å²) in [5.74, 6) is 0.685. The molecule has 118 valence electrons. The van der Waals surface area contributed by atoms with Gasteiger partial charge >= 0.3 is 5.69 Å². The van der Waals surface area contributed by atoms with E-state index in [-0.39, 0.29) is 6.61 Å². The number of aliphatic hydroxyl groups excluding tert-OH is 2. The summed E-state index contributed by atoms with van der Waals surface area (Å²) in [5, 5.41) is 19.0. The van der Waals surface area contributed by atoms with Crippen LogP contribution >= 0.6 is 21.6 Å². The Labute approximate surface area is 128 Å². The van der Waals surface area contributed by atoms with Gasteiger partial charge in [-0.2, -0.15) is 0 Å². The molecular weight excluding hydrogens is 318 g/mol. The summed E-state index contributed by atoms with van der Waals surface area (Å²) in [6.45, 7) is 0.141. The average Bonchev–Trinajstić information content (AvgIpc) is 2.76. The first-order valence-electron chi connectivity index (χ1n) is 6.32. The average molecular weight is 335 g/mol. The number of aromatic amines is 1. The highest BCUT2D eigenvalue weighted by Gasteiger charge is 2.45. The first-order valence-corrected chi connectivity index (χ1v) is 8.71. The lowest BCUT2D eigenvalue weighted by molar-refractivity contribution is -0.0457. The summed E-state index contributed by atoms with van der Waals surface area (Å²) < 4.78 is 6.76. The molecule has 0 amide bonds. The zero-order valence-electron chi connectivity index (χ0n) is 11.0. The van der Waals surface area contributed by atoms with Crippen LogP contribution in [0.1, 0.15) is 6.23 Å². The molecule has 1 aliphatic rings. The van der Waals surface area contributed by atoms with Crippen LogP contribution in [0, 0.1) is 0 Å². The number of hydrogen-bond acceptors (Lipinski definition) is 8. The largest absolute Gasteiger partial charge is 0.394 e. The molecule has 1 aromatic rings. The molecule has 2 rings (SSSR count). The Bertz CT molecular complexity index is 577. The summed E-state index contributed by atoms with van der Waals surface area (Å²) in [4.78, 5) is 25.1. The van der Waals surface area contributed by atoms with Crippen molar-refractivity contribution in [2.75, 3.05) is 18.9 Å².